The average molecular weight is 293 g/mol. The molecule has 1 aliphatic rings. The molecule has 20 heavy (non-hydrogen) atoms. The summed E-state index contributed by atoms with van der Waals surface area (Å²) in [5.41, 5.74) is 1.39. The molecule has 0 aliphatic carbocycles. The molecule has 7 nitrogen and oxygen atoms in total. The Bertz CT molecular complexity index is 768. The van der Waals surface area contributed by atoms with Crippen LogP contribution in [0.5, 0.6) is 0 Å². The monoisotopic (exact) mass is 293 g/mol. The Balaban J connectivity index is 2.04. The lowest BCUT2D eigenvalue weighted by Crippen LogP contribution is -2.29. The molecular weight excluding hydrogens is 282 g/mol. The molecular formula is C12H11N3O4S. The van der Waals surface area contributed by atoms with Gasteiger partial charge in [0.25, 0.3) is 10.0 Å². The van der Waals surface area contributed by atoms with Crippen LogP contribution >= 0.6 is 0 Å². The van der Waals surface area contributed by atoms with Crippen molar-refractivity contribution in [3.8, 4) is 0 Å². The molecule has 0 spiro atoms. The first-order valence-corrected chi connectivity index (χ1v) is 7.31. The van der Waals surface area contributed by atoms with Gasteiger partial charge in [0, 0.05) is 6.54 Å². The molecule has 2 heterocycles. The molecule has 0 saturated carbocycles. The van der Waals surface area contributed by atoms with E-state index >= 15 is 0 Å². The number of imidazole rings is 1. The van der Waals surface area contributed by atoms with Crippen LogP contribution < -0.4 is 4.31 Å². The van der Waals surface area contributed by atoms with Crippen LogP contribution in [0.15, 0.2) is 35.7 Å². The van der Waals surface area contributed by atoms with Crippen molar-refractivity contribution >= 4 is 21.7 Å². The predicted molar refractivity (Wildman–Crippen MR) is 70.2 cm³/mol. The number of sulfonamides is 1. The van der Waals surface area contributed by atoms with Crippen LogP contribution in [0.25, 0.3) is 0 Å². The van der Waals surface area contributed by atoms with Crippen molar-refractivity contribution in [1.82, 2.24) is 9.97 Å². The number of fused-ring (bicyclic) bond motifs is 1. The Morgan fingerprint density at radius 1 is 1.40 bits per heavy atom. The van der Waals surface area contributed by atoms with Crippen molar-refractivity contribution in [2.75, 3.05) is 10.8 Å². The van der Waals surface area contributed by atoms with Crippen molar-refractivity contribution in [3.05, 3.63) is 41.9 Å². The minimum Gasteiger partial charge on any atom is -0.478 e. The molecule has 3 rings (SSSR count). The molecule has 1 aromatic heterocycles. The molecule has 0 amide bonds. The normalized spacial score (nSPS) is 14.3. The van der Waals surface area contributed by atoms with E-state index in [-0.39, 0.29) is 10.6 Å². The summed E-state index contributed by atoms with van der Waals surface area (Å²) in [6.45, 7) is 0.291. The van der Waals surface area contributed by atoms with E-state index in [1.165, 1.54) is 35.0 Å². The standard InChI is InChI=1S/C12H11N3O4S/c16-12(17)9-1-2-10-8(5-9)3-4-15(10)20(18,19)11-6-13-7-14-11/h1-2,5-7H,3-4H2,(H,13,14)(H,16,17). The number of aromatic carboxylic acids is 1. The topological polar surface area (TPSA) is 103 Å². The van der Waals surface area contributed by atoms with Crippen molar-refractivity contribution in [2.24, 2.45) is 0 Å². The van der Waals surface area contributed by atoms with E-state index in [9.17, 15) is 13.2 Å². The van der Waals surface area contributed by atoms with Crippen molar-refractivity contribution < 1.29 is 18.3 Å². The first kappa shape index (κ1) is 12.7. The van der Waals surface area contributed by atoms with Crippen LogP contribution in [-0.4, -0.2) is 36.0 Å². The van der Waals surface area contributed by atoms with Gasteiger partial charge in [-0.3, -0.25) is 4.31 Å². The Kier molecular flexibility index (Phi) is 2.75. The van der Waals surface area contributed by atoms with E-state index in [1.54, 1.807) is 0 Å². The SMILES string of the molecule is O=C(O)c1ccc2c(c1)CCN2S(=O)(=O)c1cnc[nH]1. The average Bonchev–Trinajstić information content (AvgIpc) is 3.07. The summed E-state index contributed by atoms with van der Waals surface area (Å²) in [4.78, 5) is 17.2. The van der Waals surface area contributed by atoms with Crippen LogP contribution in [0.1, 0.15) is 15.9 Å². The smallest absolute Gasteiger partial charge is 0.335 e. The lowest BCUT2D eigenvalue weighted by atomic mass is 10.1. The fourth-order valence-electron chi connectivity index (χ4n) is 2.26. The second-order valence-corrected chi connectivity index (χ2v) is 6.22. The van der Waals surface area contributed by atoms with Crippen molar-refractivity contribution in [3.63, 3.8) is 0 Å². The van der Waals surface area contributed by atoms with E-state index in [2.05, 4.69) is 9.97 Å². The Hall–Kier alpha value is -2.35. The third-order valence-corrected chi connectivity index (χ3v) is 4.96. The van der Waals surface area contributed by atoms with Crippen molar-refractivity contribution in [2.45, 2.75) is 11.4 Å². The number of hydrogen-bond donors (Lipinski definition) is 2. The number of nitrogens with one attached hydrogen (secondary N) is 1. The summed E-state index contributed by atoms with van der Waals surface area (Å²) in [6.07, 6.45) is 3.04. The van der Waals surface area contributed by atoms with Gasteiger partial charge in [-0.15, -0.1) is 0 Å². The molecule has 0 fully saturated rings. The predicted octanol–water partition coefficient (Wildman–Crippen LogP) is 0.859. The molecule has 2 aromatic rings. The lowest BCUT2D eigenvalue weighted by Gasteiger charge is -2.18. The highest BCUT2D eigenvalue weighted by Gasteiger charge is 2.32. The zero-order chi connectivity index (χ0) is 14.3. The molecule has 2 N–H and O–H groups in total. The molecule has 0 bridgehead atoms. The molecule has 0 radical (unpaired) electrons. The fourth-order valence-corrected chi connectivity index (χ4v) is 3.66. The Labute approximate surface area is 114 Å². The number of aromatic amines is 1. The molecule has 1 aliphatic heterocycles. The summed E-state index contributed by atoms with van der Waals surface area (Å²) in [6, 6.07) is 4.45. The third-order valence-electron chi connectivity index (χ3n) is 3.22. The molecule has 104 valence electrons. The van der Waals surface area contributed by atoms with Gasteiger partial charge in [-0.2, -0.15) is 8.42 Å². The molecule has 0 unspecified atom stereocenters. The first-order valence-electron chi connectivity index (χ1n) is 5.87. The number of carboxylic acids is 1. The van der Waals surface area contributed by atoms with Crippen LogP contribution in [0.3, 0.4) is 0 Å². The molecule has 1 aromatic carbocycles. The lowest BCUT2D eigenvalue weighted by molar-refractivity contribution is 0.0697. The number of nitrogens with zero attached hydrogens (tertiary/aromatic N) is 2. The number of H-pyrrole nitrogens is 1. The van der Waals surface area contributed by atoms with E-state index in [0.29, 0.717) is 24.2 Å². The maximum atomic E-state index is 12.4. The second kappa shape index (κ2) is 4.34. The van der Waals surface area contributed by atoms with Crippen LogP contribution in [0, 0.1) is 0 Å². The van der Waals surface area contributed by atoms with Gasteiger partial charge in [-0.05, 0) is 30.2 Å². The number of aromatic nitrogens is 2. The highest BCUT2D eigenvalue weighted by molar-refractivity contribution is 7.92. The second-order valence-electron chi connectivity index (χ2n) is 4.39. The highest BCUT2D eigenvalue weighted by Crippen LogP contribution is 2.32. The van der Waals surface area contributed by atoms with Crippen molar-refractivity contribution in [1.29, 1.82) is 0 Å². The minimum absolute atomic E-state index is 0.0210. The third kappa shape index (κ3) is 1.85. The Morgan fingerprint density at radius 3 is 2.85 bits per heavy atom. The highest BCUT2D eigenvalue weighted by atomic mass is 32.2. The van der Waals surface area contributed by atoms with Gasteiger partial charge < -0.3 is 10.1 Å². The van der Waals surface area contributed by atoms with Gasteiger partial charge in [0.05, 0.1) is 23.8 Å². The number of hydrogen-bond acceptors (Lipinski definition) is 4. The number of carboxylic acid groups (broad SMARTS) is 1. The van der Waals surface area contributed by atoms with Gasteiger partial charge in [0.15, 0.2) is 5.03 Å². The summed E-state index contributed by atoms with van der Waals surface area (Å²) in [5, 5.41) is 8.97. The van der Waals surface area contributed by atoms with E-state index in [1.807, 2.05) is 0 Å². The molecule has 0 saturated heterocycles. The maximum absolute atomic E-state index is 12.4. The Morgan fingerprint density at radius 2 is 2.20 bits per heavy atom. The summed E-state index contributed by atoms with van der Waals surface area (Å²) in [7, 11) is -3.67. The van der Waals surface area contributed by atoms with E-state index < -0.39 is 16.0 Å². The van der Waals surface area contributed by atoms with Crippen LogP contribution in [-0.2, 0) is 16.4 Å². The summed E-state index contributed by atoms with van der Waals surface area (Å²) >= 11 is 0. The number of carbonyl (C=O) groups is 1. The maximum Gasteiger partial charge on any atom is 0.335 e. The van der Waals surface area contributed by atoms with Crippen LogP contribution in [0.4, 0.5) is 5.69 Å². The molecule has 8 heteroatoms. The van der Waals surface area contributed by atoms with E-state index in [4.69, 9.17) is 5.11 Å². The van der Waals surface area contributed by atoms with Gasteiger partial charge in [0.2, 0.25) is 0 Å². The summed E-state index contributed by atoms with van der Waals surface area (Å²) in [5.74, 6) is -1.03. The number of rotatable bonds is 3. The van der Waals surface area contributed by atoms with E-state index in [0.717, 1.165) is 0 Å². The van der Waals surface area contributed by atoms with Gasteiger partial charge in [-0.25, -0.2) is 9.78 Å². The van der Waals surface area contributed by atoms with Gasteiger partial charge in [-0.1, -0.05) is 0 Å². The van der Waals surface area contributed by atoms with Crippen LogP contribution in [0.2, 0.25) is 0 Å². The number of anilines is 1. The first-order chi connectivity index (χ1) is 9.50. The largest absolute Gasteiger partial charge is 0.478 e. The molecule has 0 atom stereocenters. The van der Waals surface area contributed by atoms with Gasteiger partial charge >= 0.3 is 5.97 Å². The number of benzene rings is 1. The fraction of sp³-hybridized carbons (Fsp3) is 0.167. The van der Waals surface area contributed by atoms with Gasteiger partial charge in [0.1, 0.15) is 0 Å². The quantitative estimate of drug-likeness (QED) is 0.873. The zero-order valence-corrected chi connectivity index (χ0v) is 11.1. The zero-order valence-electron chi connectivity index (χ0n) is 10.3. The summed E-state index contributed by atoms with van der Waals surface area (Å²) < 4.78 is 26.1. The minimum atomic E-state index is -3.67.